The average molecular weight is 213 g/mol. The first-order chi connectivity index (χ1) is 6.74. The molecule has 0 aromatic carbocycles. The number of rotatable bonds is 5. The molecule has 1 aromatic heterocycles. The first kappa shape index (κ1) is 11.2. The number of hydrogen-bond donors (Lipinski definition) is 1. The van der Waals surface area contributed by atoms with Gasteiger partial charge in [-0.1, -0.05) is 6.92 Å². The summed E-state index contributed by atoms with van der Waals surface area (Å²) in [6.45, 7) is 2.84. The minimum atomic E-state index is -0.136. The van der Waals surface area contributed by atoms with E-state index in [-0.39, 0.29) is 5.91 Å². The van der Waals surface area contributed by atoms with Crippen LogP contribution < -0.4 is 5.32 Å². The van der Waals surface area contributed by atoms with Crippen LogP contribution in [0.15, 0.2) is 22.8 Å². The van der Waals surface area contributed by atoms with Crippen molar-refractivity contribution >= 4 is 17.7 Å². The molecule has 1 heterocycles. The Morgan fingerprint density at radius 3 is 3.07 bits per heavy atom. The quantitative estimate of drug-likeness (QED) is 0.815. The van der Waals surface area contributed by atoms with Gasteiger partial charge in [-0.2, -0.15) is 11.8 Å². The van der Waals surface area contributed by atoms with Crippen LogP contribution in [0.4, 0.5) is 0 Å². The van der Waals surface area contributed by atoms with Gasteiger partial charge in [-0.3, -0.25) is 4.79 Å². The number of amides is 1. The average Bonchev–Trinajstić information content (AvgIpc) is 2.70. The van der Waals surface area contributed by atoms with Gasteiger partial charge in [0.25, 0.3) is 5.91 Å². The van der Waals surface area contributed by atoms with Crippen LogP contribution in [0, 0.1) is 0 Å². The van der Waals surface area contributed by atoms with Crippen molar-refractivity contribution in [2.75, 3.05) is 12.8 Å². The third kappa shape index (κ3) is 3.46. The molecule has 3 nitrogen and oxygen atoms in total. The van der Waals surface area contributed by atoms with Crippen LogP contribution in [0.3, 0.4) is 0 Å². The van der Waals surface area contributed by atoms with Gasteiger partial charge in [0.05, 0.1) is 6.26 Å². The lowest BCUT2D eigenvalue weighted by atomic mass is 10.3. The third-order valence-corrected chi connectivity index (χ3v) is 3.02. The van der Waals surface area contributed by atoms with Crippen LogP contribution in [0.25, 0.3) is 0 Å². The van der Waals surface area contributed by atoms with Crippen LogP contribution in [-0.4, -0.2) is 24.0 Å². The van der Waals surface area contributed by atoms with E-state index < -0.39 is 0 Å². The van der Waals surface area contributed by atoms with Crippen molar-refractivity contribution in [1.29, 1.82) is 0 Å². The molecule has 1 unspecified atom stereocenters. The molecule has 0 aliphatic carbocycles. The molecule has 1 amide bonds. The van der Waals surface area contributed by atoms with Crippen LogP contribution in [0.5, 0.6) is 0 Å². The number of carbonyl (C=O) groups is 1. The van der Waals surface area contributed by atoms with Gasteiger partial charge in [-0.15, -0.1) is 0 Å². The summed E-state index contributed by atoms with van der Waals surface area (Å²) in [6.07, 6.45) is 4.55. The maximum Gasteiger partial charge on any atom is 0.286 e. The van der Waals surface area contributed by atoms with E-state index in [9.17, 15) is 4.79 Å². The second kappa shape index (κ2) is 5.75. The molecule has 4 heteroatoms. The van der Waals surface area contributed by atoms with E-state index in [0.717, 1.165) is 6.42 Å². The van der Waals surface area contributed by atoms with Gasteiger partial charge in [0.2, 0.25) is 0 Å². The summed E-state index contributed by atoms with van der Waals surface area (Å²) in [5.74, 6) is 0.241. The minimum Gasteiger partial charge on any atom is -0.459 e. The lowest BCUT2D eigenvalue weighted by Crippen LogP contribution is -2.25. The van der Waals surface area contributed by atoms with E-state index in [2.05, 4.69) is 18.5 Å². The van der Waals surface area contributed by atoms with E-state index in [4.69, 9.17) is 4.42 Å². The van der Waals surface area contributed by atoms with Crippen LogP contribution >= 0.6 is 11.8 Å². The van der Waals surface area contributed by atoms with Crippen molar-refractivity contribution in [3.05, 3.63) is 24.2 Å². The molecule has 0 radical (unpaired) electrons. The molecule has 1 aromatic rings. The molecule has 0 saturated heterocycles. The molecule has 0 saturated carbocycles. The summed E-state index contributed by atoms with van der Waals surface area (Å²) in [5, 5.41) is 3.38. The van der Waals surface area contributed by atoms with Crippen LogP contribution in [0.2, 0.25) is 0 Å². The van der Waals surface area contributed by atoms with Crippen molar-refractivity contribution in [3.63, 3.8) is 0 Å². The summed E-state index contributed by atoms with van der Waals surface area (Å²) in [4.78, 5) is 11.4. The normalized spacial score (nSPS) is 12.4. The van der Waals surface area contributed by atoms with Gasteiger partial charge >= 0.3 is 0 Å². The van der Waals surface area contributed by atoms with E-state index in [1.54, 1.807) is 23.9 Å². The monoisotopic (exact) mass is 213 g/mol. The smallest absolute Gasteiger partial charge is 0.286 e. The Morgan fingerprint density at radius 1 is 1.71 bits per heavy atom. The predicted octanol–water partition coefficient (Wildman–Crippen LogP) is 2.15. The van der Waals surface area contributed by atoms with E-state index >= 15 is 0 Å². The fourth-order valence-electron chi connectivity index (χ4n) is 1.00. The number of furan rings is 1. The van der Waals surface area contributed by atoms with Crippen molar-refractivity contribution in [3.8, 4) is 0 Å². The maximum atomic E-state index is 11.4. The van der Waals surface area contributed by atoms with Gasteiger partial charge in [-0.25, -0.2) is 0 Å². The van der Waals surface area contributed by atoms with Crippen molar-refractivity contribution < 1.29 is 9.21 Å². The fraction of sp³-hybridized carbons (Fsp3) is 0.500. The number of carbonyl (C=O) groups excluding carboxylic acids is 1. The molecule has 1 N–H and O–H groups in total. The van der Waals surface area contributed by atoms with E-state index in [1.807, 2.05) is 0 Å². The third-order valence-electron chi connectivity index (χ3n) is 1.98. The van der Waals surface area contributed by atoms with Crippen LogP contribution in [-0.2, 0) is 0 Å². The lowest BCUT2D eigenvalue weighted by molar-refractivity contribution is 0.0925. The largest absolute Gasteiger partial charge is 0.459 e. The van der Waals surface area contributed by atoms with E-state index in [0.29, 0.717) is 17.6 Å². The second-order valence-electron chi connectivity index (χ2n) is 3.07. The Bertz CT molecular complexity index is 272. The van der Waals surface area contributed by atoms with Gasteiger partial charge in [-0.05, 0) is 24.8 Å². The fourth-order valence-corrected chi connectivity index (χ4v) is 1.36. The zero-order chi connectivity index (χ0) is 10.4. The molecule has 0 bridgehead atoms. The molecule has 0 fully saturated rings. The van der Waals surface area contributed by atoms with Crippen molar-refractivity contribution in [1.82, 2.24) is 5.32 Å². The molecule has 0 aliphatic rings. The SMILES string of the molecule is CSC(C)CCNC(=O)c1ccco1. The van der Waals surface area contributed by atoms with Crippen molar-refractivity contribution in [2.45, 2.75) is 18.6 Å². The second-order valence-corrected chi connectivity index (χ2v) is 4.34. The molecule has 1 rings (SSSR count). The Morgan fingerprint density at radius 2 is 2.50 bits per heavy atom. The Kier molecular flexibility index (Phi) is 4.59. The zero-order valence-corrected chi connectivity index (χ0v) is 9.26. The molecule has 78 valence electrons. The van der Waals surface area contributed by atoms with E-state index in [1.165, 1.54) is 6.26 Å². The van der Waals surface area contributed by atoms with Gasteiger partial charge in [0.1, 0.15) is 0 Å². The minimum absolute atomic E-state index is 0.136. The summed E-state index contributed by atoms with van der Waals surface area (Å²) < 4.78 is 4.96. The van der Waals surface area contributed by atoms with Gasteiger partial charge in [0.15, 0.2) is 5.76 Å². The number of nitrogens with one attached hydrogen (secondary N) is 1. The first-order valence-corrected chi connectivity index (χ1v) is 5.87. The molecule has 14 heavy (non-hydrogen) atoms. The Hall–Kier alpha value is -0.900. The molecule has 0 aliphatic heterocycles. The highest BCUT2D eigenvalue weighted by Crippen LogP contribution is 2.08. The highest BCUT2D eigenvalue weighted by molar-refractivity contribution is 7.99. The lowest BCUT2D eigenvalue weighted by Gasteiger charge is -2.07. The molecule has 1 atom stereocenters. The van der Waals surface area contributed by atoms with Crippen LogP contribution in [0.1, 0.15) is 23.9 Å². The summed E-state index contributed by atoms with van der Waals surface area (Å²) in [6, 6.07) is 3.37. The summed E-state index contributed by atoms with van der Waals surface area (Å²) in [5.41, 5.74) is 0. The highest BCUT2D eigenvalue weighted by Gasteiger charge is 2.07. The van der Waals surface area contributed by atoms with Crippen molar-refractivity contribution in [2.24, 2.45) is 0 Å². The standard InChI is InChI=1S/C10H15NO2S/c1-8(14-2)5-6-11-10(12)9-4-3-7-13-9/h3-4,7-8H,5-6H2,1-2H3,(H,11,12). The zero-order valence-electron chi connectivity index (χ0n) is 8.45. The first-order valence-electron chi connectivity index (χ1n) is 4.58. The topological polar surface area (TPSA) is 42.2 Å². The summed E-state index contributed by atoms with van der Waals surface area (Å²) in [7, 11) is 0. The summed E-state index contributed by atoms with van der Waals surface area (Å²) >= 11 is 1.80. The highest BCUT2D eigenvalue weighted by atomic mass is 32.2. The number of hydrogen-bond acceptors (Lipinski definition) is 3. The number of thioether (sulfide) groups is 1. The van der Waals surface area contributed by atoms with Gasteiger partial charge in [0, 0.05) is 11.8 Å². The molecule has 0 spiro atoms. The molecular weight excluding hydrogens is 198 g/mol. The predicted molar refractivity (Wildman–Crippen MR) is 58.6 cm³/mol. The maximum absolute atomic E-state index is 11.4. The Labute approximate surface area is 88.2 Å². The molecular formula is C10H15NO2S. The van der Waals surface area contributed by atoms with Gasteiger partial charge < -0.3 is 9.73 Å². The Balaban J connectivity index is 2.23.